The van der Waals surface area contributed by atoms with Gasteiger partial charge >= 0.3 is 0 Å². The molecule has 0 atom stereocenters. The Morgan fingerprint density at radius 1 is 1.05 bits per heavy atom. The zero-order valence-corrected chi connectivity index (χ0v) is 12.8. The van der Waals surface area contributed by atoms with Crippen LogP contribution in [0.15, 0.2) is 42.5 Å². The molecule has 106 valence electrons. The van der Waals surface area contributed by atoms with Crippen molar-refractivity contribution in [3.05, 3.63) is 69.7 Å². The Labute approximate surface area is 126 Å². The van der Waals surface area contributed by atoms with E-state index < -0.39 is 0 Å². The number of benzene rings is 2. The van der Waals surface area contributed by atoms with Crippen LogP contribution in [0.5, 0.6) is 0 Å². The lowest BCUT2D eigenvalue weighted by Gasteiger charge is -2.18. The molecule has 0 aromatic heterocycles. The van der Waals surface area contributed by atoms with Crippen molar-refractivity contribution in [2.45, 2.75) is 26.6 Å². The van der Waals surface area contributed by atoms with Crippen LogP contribution < -0.4 is 5.73 Å². The van der Waals surface area contributed by atoms with E-state index in [1.807, 2.05) is 18.2 Å². The van der Waals surface area contributed by atoms with Crippen LogP contribution in [-0.2, 0) is 19.6 Å². The van der Waals surface area contributed by atoms with E-state index in [9.17, 15) is 0 Å². The number of rotatable bonds is 5. The maximum Gasteiger partial charge on any atom is 0.0409 e. The van der Waals surface area contributed by atoms with Crippen LogP contribution in [0, 0.1) is 6.92 Å². The molecule has 2 nitrogen and oxygen atoms in total. The molecule has 0 fully saturated rings. The maximum absolute atomic E-state index is 6.02. The fourth-order valence-electron chi connectivity index (χ4n) is 2.36. The summed E-state index contributed by atoms with van der Waals surface area (Å²) in [5.41, 5.74) is 10.7. The summed E-state index contributed by atoms with van der Waals surface area (Å²) in [5, 5.41) is 0.791. The van der Waals surface area contributed by atoms with Crippen LogP contribution in [0.1, 0.15) is 22.3 Å². The number of aryl methyl sites for hydroxylation is 1. The molecule has 0 bridgehead atoms. The summed E-state index contributed by atoms with van der Waals surface area (Å²) in [5.74, 6) is 0. The molecule has 2 aromatic carbocycles. The van der Waals surface area contributed by atoms with Gasteiger partial charge < -0.3 is 5.73 Å². The second-order valence-electron chi connectivity index (χ2n) is 5.27. The lowest BCUT2D eigenvalue weighted by molar-refractivity contribution is 0.318. The molecule has 2 rings (SSSR count). The number of halogens is 1. The Bertz CT molecular complexity index is 581. The van der Waals surface area contributed by atoms with Crippen molar-refractivity contribution in [1.82, 2.24) is 4.90 Å². The van der Waals surface area contributed by atoms with Crippen molar-refractivity contribution < 1.29 is 0 Å². The minimum Gasteiger partial charge on any atom is -0.326 e. The summed E-state index contributed by atoms with van der Waals surface area (Å²) in [7, 11) is 2.12. The van der Waals surface area contributed by atoms with Crippen LogP contribution in [0.25, 0.3) is 0 Å². The normalized spacial score (nSPS) is 11.1. The van der Waals surface area contributed by atoms with Crippen molar-refractivity contribution in [1.29, 1.82) is 0 Å². The van der Waals surface area contributed by atoms with Gasteiger partial charge in [0.05, 0.1) is 0 Å². The topological polar surface area (TPSA) is 29.3 Å². The first-order valence-electron chi connectivity index (χ1n) is 6.80. The molecular weight excluding hydrogens is 268 g/mol. The summed E-state index contributed by atoms with van der Waals surface area (Å²) in [6, 6.07) is 14.5. The van der Waals surface area contributed by atoms with E-state index >= 15 is 0 Å². The highest BCUT2D eigenvalue weighted by molar-refractivity contribution is 6.30. The highest BCUT2D eigenvalue weighted by Crippen LogP contribution is 2.16. The highest BCUT2D eigenvalue weighted by atomic mass is 35.5. The van der Waals surface area contributed by atoms with Gasteiger partial charge in [0.1, 0.15) is 0 Å². The molecule has 0 saturated heterocycles. The second kappa shape index (κ2) is 6.89. The summed E-state index contributed by atoms with van der Waals surface area (Å²) < 4.78 is 0. The molecule has 0 spiro atoms. The van der Waals surface area contributed by atoms with Crippen LogP contribution in [0.4, 0.5) is 0 Å². The van der Waals surface area contributed by atoms with E-state index in [0.29, 0.717) is 6.54 Å². The molecule has 0 aliphatic rings. The second-order valence-corrected chi connectivity index (χ2v) is 5.70. The van der Waals surface area contributed by atoms with Gasteiger partial charge in [0.15, 0.2) is 0 Å². The first kappa shape index (κ1) is 15.0. The first-order chi connectivity index (χ1) is 9.58. The number of hydrogen-bond acceptors (Lipinski definition) is 2. The van der Waals surface area contributed by atoms with Gasteiger partial charge in [0, 0.05) is 24.7 Å². The monoisotopic (exact) mass is 288 g/mol. The Hall–Kier alpha value is -1.35. The minimum atomic E-state index is 0.597. The van der Waals surface area contributed by atoms with E-state index in [1.54, 1.807) is 0 Å². The van der Waals surface area contributed by atoms with Crippen molar-refractivity contribution in [2.75, 3.05) is 7.05 Å². The predicted octanol–water partition coefficient (Wildman–Crippen LogP) is 3.74. The van der Waals surface area contributed by atoms with Gasteiger partial charge in [0.25, 0.3) is 0 Å². The first-order valence-corrected chi connectivity index (χ1v) is 7.17. The molecule has 2 aromatic rings. The third kappa shape index (κ3) is 4.07. The standard InChI is InChI=1S/C17H21ClN2/c1-13-8-14(10-19)6-7-16(13)12-20(2)11-15-4-3-5-17(18)9-15/h3-9H,10-12,19H2,1-2H3. The van der Waals surface area contributed by atoms with E-state index in [0.717, 1.165) is 18.1 Å². The molecule has 0 unspecified atom stereocenters. The average Bonchev–Trinajstić information content (AvgIpc) is 2.41. The van der Waals surface area contributed by atoms with Gasteiger partial charge in [-0.25, -0.2) is 0 Å². The Morgan fingerprint density at radius 3 is 2.50 bits per heavy atom. The summed E-state index contributed by atoms with van der Waals surface area (Å²) in [6.45, 7) is 4.54. The third-order valence-corrected chi connectivity index (χ3v) is 3.66. The molecule has 0 amide bonds. The minimum absolute atomic E-state index is 0.597. The van der Waals surface area contributed by atoms with E-state index in [-0.39, 0.29) is 0 Å². The average molecular weight is 289 g/mol. The lowest BCUT2D eigenvalue weighted by Crippen LogP contribution is -2.18. The van der Waals surface area contributed by atoms with E-state index in [2.05, 4.69) is 43.1 Å². The van der Waals surface area contributed by atoms with E-state index in [4.69, 9.17) is 17.3 Å². The fourth-order valence-corrected chi connectivity index (χ4v) is 2.57. The molecule has 0 radical (unpaired) electrons. The van der Waals surface area contributed by atoms with Crippen LogP contribution >= 0.6 is 11.6 Å². The Balaban J connectivity index is 2.02. The molecular formula is C17H21ClN2. The number of nitrogens with two attached hydrogens (primary N) is 1. The lowest BCUT2D eigenvalue weighted by atomic mass is 10.0. The van der Waals surface area contributed by atoms with Gasteiger partial charge in [-0.1, -0.05) is 41.9 Å². The highest BCUT2D eigenvalue weighted by Gasteiger charge is 2.05. The van der Waals surface area contributed by atoms with Crippen molar-refractivity contribution in [3.8, 4) is 0 Å². The molecule has 0 saturated carbocycles. The van der Waals surface area contributed by atoms with Crippen molar-refractivity contribution in [3.63, 3.8) is 0 Å². The third-order valence-electron chi connectivity index (χ3n) is 3.42. The smallest absolute Gasteiger partial charge is 0.0409 e. The van der Waals surface area contributed by atoms with Gasteiger partial charge in [-0.15, -0.1) is 0 Å². The maximum atomic E-state index is 6.02. The summed E-state index contributed by atoms with van der Waals surface area (Å²) in [4.78, 5) is 2.29. The Kier molecular flexibility index (Phi) is 5.18. The van der Waals surface area contributed by atoms with Crippen LogP contribution in [-0.4, -0.2) is 11.9 Å². The van der Waals surface area contributed by atoms with Gasteiger partial charge in [0.2, 0.25) is 0 Å². The summed E-state index contributed by atoms with van der Waals surface area (Å²) in [6.07, 6.45) is 0. The molecule has 0 aliphatic carbocycles. The predicted molar refractivity (Wildman–Crippen MR) is 85.7 cm³/mol. The van der Waals surface area contributed by atoms with Gasteiger partial charge in [-0.2, -0.15) is 0 Å². The molecule has 0 aliphatic heterocycles. The van der Waals surface area contributed by atoms with E-state index in [1.165, 1.54) is 22.3 Å². The fraction of sp³-hybridized carbons (Fsp3) is 0.294. The zero-order valence-electron chi connectivity index (χ0n) is 12.1. The summed E-state index contributed by atoms with van der Waals surface area (Å²) >= 11 is 6.02. The van der Waals surface area contributed by atoms with Crippen molar-refractivity contribution in [2.24, 2.45) is 5.73 Å². The molecule has 20 heavy (non-hydrogen) atoms. The zero-order chi connectivity index (χ0) is 14.5. The molecule has 3 heteroatoms. The quantitative estimate of drug-likeness (QED) is 0.908. The van der Waals surface area contributed by atoms with Crippen LogP contribution in [0.3, 0.4) is 0 Å². The van der Waals surface area contributed by atoms with Crippen molar-refractivity contribution >= 4 is 11.6 Å². The number of hydrogen-bond donors (Lipinski definition) is 1. The largest absolute Gasteiger partial charge is 0.326 e. The van der Waals surface area contributed by atoms with Crippen LogP contribution in [0.2, 0.25) is 5.02 Å². The molecule has 2 N–H and O–H groups in total. The molecule has 0 heterocycles. The SMILES string of the molecule is Cc1cc(CN)ccc1CN(C)Cc1cccc(Cl)c1. The van der Waals surface area contributed by atoms with Gasteiger partial charge in [-0.3, -0.25) is 4.90 Å². The van der Waals surface area contributed by atoms with Gasteiger partial charge in [-0.05, 0) is 48.4 Å². The Morgan fingerprint density at radius 2 is 1.85 bits per heavy atom. The number of nitrogens with zero attached hydrogens (tertiary/aromatic N) is 1.